The number of carbonyl (C=O) groups is 3. The van der Waals surface area contributed by atoms with Crippen LogP contribution in [-0.2, 0) is 16.1 Å². The summed E-state index contributed by atoms with van der Waals surface area (Å²) in [4.78, 5) is 44.7. The Kier molecular flexibility index (Phi) is 10.1. The number of rotatable bonds is 9. The number of carbonyl (C=O) groups excluding carboxylic acids is 3. The van der Waals surface area contributed by atoms with Crippen molar-refractivity contribution in [2.75, 3.05) is 31.5 Å². The Hall–Kier alpha value is -3.66. The number of aliphatic hydroxyl groups is 1. The summed E-state index contributed by atoms with van der Waals surface area (Å²) in [5.74, 6) is 0.308. The number of nitrogens with zero attached hydrogens (tertiary/aromatic N) is 3. The van der Waals surface area contributed by atoms with E-state index >= 15 is 0 Å². The minimum Gasteiger partial charge on any atom is -0.444 e. The average Bonchev–Trinajstić information content (AvgIpc) is 2.87. The van der Waals surface area contributed by atoms with E-state index in [1.807, 2.05) is 35.2 Å². The number of nitrogens with one attached hydrogen (secondary N) is 2. The van der Waals surface area contributed by atoms with E-state index in [4.69, 9.17) is 4.74 Å². The number of ether oxygens (including phenoxy) is 1. The van der Waals surface area contributed by atoms with Gasteiger partial charge in [-0.05, 0) is 51.3 Å². The fraction of sp³-hybridized carbons (Fsp3) is 0.500. The third-order valence-electron chi connectivity index (χ3n) is 6.11. The molecular weight excluding hydrogens is 486 g/mol. The summed E-state index contributed by atoms with van der Waals surface area (Å²) in [6.45, 7) is 8.54. The zero-order valence-electron chi connectivity index (χ0n) is 22.6. The highest BCUT2D eigenvalue weighted by Crippen LogP contribution is 2.17. The molecule has 2 heterocycles. The molecule has 0 unspecified atom stereocenters. The van der Waals surface area contributed by atoms with Crippen LogP contribution in [0.2, 0.25) is 0 Å². The molecule has 0 radical (unpaired) electrons. The first-order valence-corrected chi connectivity index (χ1v) is 13.0. The van der Waals surface area contributed by atoms with Crippen LogP contribution in [0.1, 0.15) is 56.5 Å². The quantitative estimate of drug-likeness (QED) is 0.460. The first-order valence-electron chi connectivity index (χ1n) is 13.0. The van der Waals surface area contributed by atoms with Gasteiger partial charge in [0.1, 0.15) is 11.4 Å². The molecule has 1 aromatic heterocycles. The molecule has 1 saturated heterocycles. The van der Waals surface area contributed by atoms with E-state index in [1.165, 1.54) is 4.90 Å². The van der Waals surface area contributed by atoms with Gasteiger partial charge >= 0.3 is 6.09 Å². The maximum atomic E-state index is 12.8. The lowest BCUT2D eigenvalue weighted by Gasteiger charge is -2.32. The number of benzene rings is 1. The fourth-order valence-corrected chi connectivity index (χ4v) is 4.16. The van der Waals surface area contributed by atoms with Crippen LogP contribution >= 0.6 is 0 Å². The van der Waals surface area contributed by atoms with E-state index in [2.05, 4.69) is 15.6 Å². The van der Waals surface area contributed by atoms with Crippen molar-refractivity contribution < 1.29 is 24.2 Å². The topological polar surface area (TPSA) is 124 Å². The van der Waals surface area contributed by atoms with Crippen LogP contribution in [0, 0.1) is 0 Å². The van der Waals surface area contributed by atoms with Crippen LogP contribution in [0.3, 0.4) is 0 Å². The van der Waals surface area contributed by atoms with Gasteiger partial charge in [0.05, 0.1) is 12.6 Å². The molecule has 0 saturated carbocycles. The van der Waals surface area contributed by atoms with Gasteiger partial charge in [0.25, 0.3) is 5.91 Å². The molecule has 2 aromatic rings. The largest absolute Gasteiger partial charge is 0.444 e. The number of pyridine rings is 1. The Bertz CT molecular complexity index is 1080. The lowest BCUT2D eigenvalue weighted by molar-refractivity contribution is -0.129. The summed E-state index contributed by atoms with van der Waals surface area (Å²) in [7, 11) is 0. The Morgan fingerprint density at radius 3 is 2.47 bits per heavy atom. The van der Waals surface area contributed by atoms with Crippen molar-refractivity contribution in [3.8, 4) is 0 Å². The minimum absolute atomic E-state index is 0.00774. The van der Waals surface area contributed by atoms with E-state index in [-0.39, 0.29) is 37.5 Å². The van der Waals surface area contributed by atoms with Gasteiger partial charge in [0.15, 0.2) is 0 Å². The molecule has 1 atom stereocenters. The fourth-order valence-electron chi connectivity index (χ4n) is 4.16. The minimum atomic E-state index is -0.999. The highest BCUT2D eigenvalue weighted by Gasteiger charge is 2.25. The molecule has 3 rings (SSSR count). The Morgan fingerprint density at radius 2 is 1.84 bits per heavy atom. The van der Waals surface area contributed by atoms with Gasteiger partial charge in [-0.2, -0.15) is 0 Å². The number of likely N-dealkylation sites (tertiary alicyclic amines) is 1. The predicted octanol–water partition coefficient (Wildman–Crippen LogP) is 3.03. The summed E-state index contributed by atoms with van der Waals surface area (Å²) < 4.78 is 5.52. The third kappa shape index (κ3) is 9.33. The highest BCUT2D eigenvalue weighted by atomic mass is 16.6. The summed E-state index contributed by atoms with van der Waals surface area (Å²) in [6.07, 6.45) is 1.64. The van der Waals surface area contributed by atoms with Gasteiger partial charge < -0.3 is 30.3 Å². The molecule has 10 heteroatoms. The van der Waals surface area contributed by atoms with Crippen LogP contribution in [-0.4, -0.2) is 81.7 Å². The molecule has 1 fully saturated rings. The first-order chi connectivity index (χ1) is 18.0. The molecule has 10 nitrogen and oxygen atoms in total. The third-order valence-corrected chi connectivity index (χ3v) is 6.11. The number of amides is 3. The number of piperidine rings is 1. The number of aliphatic hydroxyl groups excluding tert-OH is 1. The van der Waals surface area contributed by atoms with Crippen molar-refractivity contribution in [2.24, 2.45) is 0 Å². The molecule has 206 valence electrons. The predicted molar refractivity (Wildman–Crippen MR) is 145 cm³/mol. The van der Waals surface area contributed by atoms with Gasteiger partial charge in [0.2, 0.25) is 5.91 Å². The van der Waals surface area contributed by atoms with Crippen molar-refractivity contribution in [1.29, 1.82) is 0 Å². The van der Waals surface area contributed by atoms with E-state index < -0.39 is 17.8 Å². The molecule has 3 amide bonds. The Morgan fingerprint density at radius 1 is 1.16 bits per heavy atom. The van der Waals surface area contributed by atoms with E-state index in [9.17, 15) is 19.5 Å². The van der Waals surface area contributed by atoms with Crippen LogP contribution in [0.25, 0.3) is 0 Å². The number of hydrogen-bond acceptors (Lipinski definition) is 7. The van der Waals surface area contributed by atoms with Gasteiger partial charge in [-0.3, -0.25) is 9.59 Å². The zero-order chi connectivity index (χ0) is 27.7. The lowest BCUT2D eigenvalue weighted by Crippen LogP contribution is -2.44. The molecule has 0 bridgehead atoms. The van der Waals surface area contributed by atoms with E-state index in [0.717, 1.165) is 18.4 Å². The second-order valence-corrected chi connectivity index (χ2v) is 10.6. The maximum absolute atomic E-state index is 12.8. The summed E-state index contributed by atoms with van der Waals surface area (Å²) in [6, 6.07) is 12.9. The maximum Gasteiger partial charge on any atom is 0.410 e. The molecule has 0 spiro atoms. The molecule has 1 aliphatic rings. The van der Waals surface area contributed by atoms with Gasteiger partial charge in [0, 0.05) is 50.9 Å². The monoisotopic (exact) mass is 525 g/mol. The molecule has 3 N–H and O–H groups in total. The van der Waals surface area contributed by atoms with Crippen molar-refractivity contribution in [3.05, 3.63) is 59.8 Å². The van der Waals surface area contributed by atoms with Crippen LogP contribution in [0.5, 0.6) is 0 Å². The van der Waals surface area contributed by atoms with Crippen molar-refractivity contribution >= 4 is 23.7 Å². The lowest BCUT2D eigenvalue weighted by atomic mass is 10.0. The number of aromatic nitrogens is 1. The van der Waals surface area contributed by atoms with E-state index in [0.29, 0.717) is 24.5 Å². The van der Waals surface area contributed by atoms with Crippen LogP contribution < -0.4 is 10.6 Å². The second kappa shape index (κ2) is 13.2. The number of hydrogen-bond donors (Lipinski definition) is 3. The molecule has 0 aliphatic carbocycles. The zero-order valence-corrected chi connectivity index (χ0v) is 22.6. The first kappa shape index (κ1) is 28.9. The van der Waals surface area contributed by atoms with Crippen LogP contribution in [0.4, 0.5) is 10.6 Å². The normalized spacial score (nSPS) is 14.9. The standard InChI is InChI=1S/C28H39N5O5/c1-20(34)32-14-11-23(12-15-32)31-25-16-22(10-13-29-25)26(36)30-17-24(35)19-33(27(37)38-28(2,3)4)18-21-8-6-5-7-9-21/h5-10,13,16,23-24,35H,11-12,14-15,17-19H2,1-4H3,(H,29,31)(H,30,36)/t24-/m0/s1. The highest BCUT2D eigenvalue weighted by molar-refractivity contribution is 5.94. The summed E-state index contributed by atoms with van der Waals surface area (Å²) in [5.41, 5.74) is 0.630. The van der Waals surface area contributed by atoms with Crippen LogP contribution in [0.15, 0.2) is 48.7 Å². The number of anilines is 1. The SMILES string of the molecule is CC(=O)N1CCC(Nc2cc(C(=O)NC[C@H](O)CN(Cc3ccccc3)C(=O)OC(C)(C)C)ccn2)CC1. The van der Waals surface area contributed by atoms with E-state index in [1.54, 1.807) is 46.0 Å². The Labute approximate surface area is 224 Å². The molecule has 1 aromatic carbocycles. The molecule has 1 aliphatic heterocycles. The summed E-state index contributed by atoms with van der Waals surface area (Å²) in [5, 5.41) is 16.7. The average molecular weight is 526 g/mol. The van der Waals surface area contributed by atoms with Crippen molar-refractivity contribution in [2.45, 2.75) is 64.8 Å². The van der Waals surface area contributed by atoms with Crippen molar-refractivity contribution in [3.63, 3.8) is 0 Å². The molecular formula is C28H39N5O5. The van der Waals surface area contributed by atoms with Crippen molar-refractivity contribution in [1.82, 2.24) is 20.1 Å². The summed E-state index contributed by atoms with van der Waals surface area (Å²) >= 11 is 0. The molecule has 38 heavy (non-hydrogen) atoms. The van der Waals surface area contributed by atoms with Gasteiger partial charge in [-0.1, -0.05) is 30.3 Å². The van der Waals surface area contributed by atoms with Gasteiger partial charge in [-0.15, -0.1) is 0 Å². The Balaban J connectivity index is 1.54. The smallest absolute Gasteiger partial charge is 0.410 e. The van der Waals surface area contributed by atoms with Gasteiger partial charge in [-0.25, -0.2) is 9.78 Å². The second-order valence-electron chi connectivity index (χ2n) is 10.6.